The smallest absolute Gasteiger partial charge is 0.308 e. The molecule has 0 aliphatic rings. The van der Waals surface area contributed by atoms with Crippen LogP contribution in [0.15, 0.2) is 48.5 Å². The van der Waals surface area contributed by atoms with Crippen molar-refractivity contribution in [3.05, 3.63) is 59.7 Å². The van der Waals surface area contributed by atoms with Crippen LogP contribution in [0.25, 0.3) is 0 Å². The number of methoxy groups -OCH3 is 1. The summed E-state index contributed by atoms with van der Waals surface area (Å²) >= 11 is 0. The monoisotopic (exact) mass is 412 g/mol. The predicted molar refractivity (Wildman–Crippen MR) is 111 cm³/mol. The summed E-state index contributed by atoms with van der Waals surface area (Å²) in [7, 11) is 1.46. The van der Waals surface area contributed by atoms with E-state index in [1.807, 2.05) is 0 Å². The van der Waals surface area contributed by atoms with E-state index in [0.717, 1.165) is 0 Å². The summed E-state index contributed by atoms with van der Waals surface area (Å²) in [6.45, 7) is 2.91. The molecule has 0 bridgehead atoms. The number of benzene rings is 2. The molecule has 0 saturated heterocycles. The lowest BCUT2D eigenvalue weighted by atomic mass is 10.1. The van der Waals surface area contributed by atoms with Gasteiger partial charge < -0.3 is 20.1 Å². The number of Topliss-reactive ketones (excluding diaryl/α,β-unsaturated/α-hetero) is 1. The summed E-state index contributed by atoms with van der Waals surface area (Å²) in [4.78, 5) is 47.8. The number of anilines is 1. The van der Waals surface area contributed by atoms with Crippen molar-refractivity contribution in [2.24, 2.45) is 0 Å². The molecule has 0 saturated carbocycles. The molecule has 158 valence electrons. The molecule has 1 atom stereocenters. The first-order valence-electron chi connectivity index (χ1n) is 9.34. The number of carbonyl (C=O) groups is 4. The number of ether oxygens (including phenoxy) is 2. The SMILES string of the molecule is COc1ccccc1C(=O)NCCC(=O)O[C@@H](C)C(=O)Nc1cccc(C(C)=O)c1. The molecule has 2 aromatic carbocycles. The molecule has 0 unspecified atom stereocenters. The average molecular weight is 412 g/mol. The Bertz CT molecular complexity index is 941. The van der Waals surface area contributed by atoms with Crippen LogP contribution in [0.5, 0.6) is 5.75 Å². The van der Waals surface area contributed by atoms with Gasteiger partial charge in [-0.05, 0) is 38.1 Å². The first-order valence-corrected chi connectivity index (χ1v) is 9.34. The van der Waals surface area contributed by atoms with Crippen LogP contribution in [-0.2, 0) is 14.3 Å². The first kappa shape index (κ1) is 22.6. The fourth-order valence-corrected chi connectivity index (χ4v) is 2.57. The van der Waals surface area contributed by atoms with E-state index in [1.54, 1.807) is 48.5 Å². The van der Waals surface area contributed by atoms with E-state index in [1.165, 1.54) is 21.0 Å². The summed E-state index contributed by atoms with van der Waals surface area (Å²) in [6.07, 6.45) is -1.14. The molecule has 0 aromatic heterocycles. The van der Waals surface area contributed by atoms with E-state index in [-0.39, 0.29) is 24.7 Å². The van der Waals surface area contributed by atoms with E-state index in [9.17, 15) is 19.2 Å². The van der Waals surface area contributed by atoms with Crippen LogP contribution in [0.3, 0.4) is 0 Å². The second kappa shape index (κ2) is 10.8. The third kappa shape index (κ3) is 6.44. The molecule has 30 heavy (non-hydrogen) atoms. The van der Waals surface area contributed by atoms with Gasteiger partial charge in [0, 0.05) is 17.8 Å². The summed E-state index contributed by atoms with van der Waals surface area (Å²) in [5.41, 5.74) is 1.25. The number of para-hydroxylation sites is 1. The maximum atomic E-state index is 12.2. The molecule has 8 nitrogen and oxygen atoms in total. The molecule has 0 radical (unpaired) electrons. The van der Waals surface area contributed by atoms with Crippen LogP contribution < -0.4 is 15.4 Å². The van der Waals surface area contributed by atoms with Crippen molar-refractivity contribution >= 4 is 29.3 Å². The normalized spacial score (nSPS) is 11.2. The molecule has 0 spiro atoms. The summed E-state index contributed by atoms with van der Waals surface area (Å²) in [5.74, 6) is -1.23. The maximum absolute atomic E-state index is 12.2. The van der Waals surface area contributed by atoms with Gasteiger partial charge in [0.2, 0.25) is 0 Å². The van der Waals surface area contributed by atoms with Gasteiger partial charge in [0.15, 0.2) is 11.9 Å². The first-order chi connectivity index (χ1) is 14.3. The second-order valence-corrected chi connectivity index (χ2v) is 6.46. The van der Waals surface area contributed by atoms with Crippen molar-refractivity contribution in [3.8, 4) is 5.75 Å². The van der Waals surface area contributed by atoms with Gasteiger partial charge in [-0.2, -0.15) is 0 Å². The third-order valence-corrected chi connectivity index (χ3v) is 4.18. The Labute approximate surface area is 174 Å². The highest BCUT2D eigenvalue weighted by molar-refractivity contribution is 5.99. The van der Waals surface area contributed by atoms with Crippen LogP contribution >= 0.6 is 0 Å². The zero-order valence-electron chi connectivity index (χ0n) is 17.1. The molecule has 2 amide bonds. The molecule has 2 N–H and O–H groups in total. The number of ketones is 1. The van der Waals surface area contributed by atoms with Crippen LogP contribution in [-0.4, -0.2) is 43.3 Å². The number of esters is 1. The minimum absolute atomic E-state index is 0.0463. The largest absolute Gasteiger partial charge is 0.496 e. The minimum atomic E-state index is -1.04. The van der Waals surface area contributed by atoms with Crippen LogP contribution in [0, 0.1) is 0 Å². The number of rotatable bonds is 9. The average Bonchev–Trinajstić information content (AvgIpc) is 2.73. The quantitative estimate of drug-likeness (QED) is 0.484. The van der Waals surface area contributed by atoms with E-state index in [2.05, 4.69) is 10.6 Å². The zero-order valence-corrected chi connectivity index (χ0v) is 17.1. The van der Waals surface area contributed by atoms with Crippen molar-refractivity contribution in [3.63, 3.8) is 0 Å². The molecule has 0 fully saturated rings. The highest BCUT2D eigenvalue weighted by Crippen LogP contribution is 2.16. The molecule has 0 aliphatic heterocycles. The van der Waals surface area contributed by atoms with E-state index in [0.29, 0.717) is 22.6 Å². The van der Waals surface area contributed by atoms with Gasteiger partial charge in [-0.1, -0.05) is 24.3 Å². The van der Waals surface area contributed by atoms with Gasteiger partial charge in [0.1, 0.15) is 5.75 Å². The van der Waals surface area contributed by atoms with Gasteiger partial charge in [-0.15, -0.1) is 0 Å². The summed E-state index contributed by atoms with van der Waals surface area (Å²) in [5, 5.41) is 5.21. The Morgan fingerprint density at radius 2 is 1.77 bits per heavy atom. The van der Waals surface area contributed by atoms with E-state index >= 15 is 0 Å². The highest BCUT2D eigenvalue weighted by Gasteiger charge is 2.19. The molecule has 2 aromatic rings. The standard InChI is InChI=1S/C22H24N2O6/c1-14(25)16-7-6-8-17(13-16)24-21(27)15(2)30-20(26)11-12-23-22(28)18-9-4-5-10-19(18)29-3/h4-10,13,15H,11-12H2,1-3H3,(H,23,28)(H,24,27)/t15-/m0/s1. The molecule has 0 aliphatic carbocycles. The van der Waals surface area contributed by atoms with Crippen molar-refractivity contribution in [1.82, 2.24) is 5.32 Å². The maximum Gasteiger partial charge on any atom is 0.308 e. The van der Waals surface area contributed by atoms with Crippen LogP contribution in [0.2, 0.25) is 0 Å². The number of nitrogens with one attached hydrogen (secondary N) is 2. The van der Waals surface area contributed by atoms with E-state index in [4.69, 9.17) is 9.47 Å². The van der Waals surface area contributed by atoms with Gasteiger partial charge in [-0.25, -0.2) is 0 Å². The predicted octanol–water partition coefficient (Wildman–Crippen LogP) is 2.59. The lowest BCUT2D eigenvalue weighted by molar-refractivity contribution is -0.153. The highest BCUT2D eigenvalue weighted by atomic mass is 16.5. The van der Waals surface area contributed by atoms with Gasteiger partial charge in [-0.3, -0.25) is 19.2 Å². The second-order valence-electron chi connectivity index (χ2n) is 6.46. The number of hydrogen-bond acceptors (Lipinski definition) is 6. The van der Waals surface area contributed by atoms with Crippen molar-refractivity contribution < 1.29 is 28.7 Å². The molecule has 8 heteroatoms. The Morgan fingerprint density at radius 3 is 2.47 bits per heavy atom. The Hall–Kier alpha value is -3.68. The molecular weight excluding hydrogens is 388 g/mol. The van der Waals surface area contributed by atoms with Gasteiger partial charge in [0.05, 0.1) is 19.1 Å². The lowest BCUT2D eigenvalue weighted by Gasteiger charge is -2.14. The topological polar surface area (TPSA) is 111 Å². The summed E-state index contributed by atoms with van der Waals surface area (Å²) < 4.78 is 10.2. The fourth-order valence-electron chi connectivity index (χ4n) is 2.57. The van der Waals surface area contributed by atoms with Crippen molar-refractivity contribution in [2.75, 3.05) is 19.0 Å². The van der Waals surface area contributed by atoms with Crippen molar-refractivity contribution in [1.29, 1.82) is 0 Å². The molecule has 0 heterocycles. The van der Waals surface area contributed by atoms with Crippen LogP contribution in [0.1, 0.15) is 41.0 Å². The molecule has 2 rings (SSSR count). The van der Waals surface area contributed by atoms with Gasteiger partial charge >= 0.3 is 5.97 Å². The number of amides is 2. The van der Waals surface area contributed by atoms with E-state index < -0.39 is 18.0 Å². The van der Waals surface area contributed by atoms with Crippen molar-refractivity contribution in [2.45, 2.75) is 26.4 Å². The van der Waals surface area contributed by atoms with Crippen LogP contribution in [0.4, 0.5) is 5.69 Å². The Morgan fingerprint density at radius 1 is 1.03 bits per heavy atom. The Balaban J connectivity index is 1.80. The number of carbonyl (C=O) groups excluding carboxylic acids is 4. The number of hydrogen-bond donors (Lipinski definition) is 2. The molecular formula is C22H24N2O6. The fraction of sp³-hybridized carbons (Fsp3) is 0.273. The Kier molecular flexibility index (Phi) is 8.10. The minimum Gasteiger partial charge on any atom is -0.496 e. The van der Waals surface area contributed by atoms with Gasteiger partial charge in [0.25, 0.3) is 11.8 Å². The summed E-state index contributed by atoms with van der Waals surface area (Å²) in [6, 6.07) is 13.2. The zero-order chi connectivity index (χ0) is 22.1. The lowest BCUT2D eigenvalue weighted by Crippen LogP contribution is -2.32. The third-order valence-electron chi connectivity index (χ3n) is 4.18.